The normalized spacial score (nSPS) is 11.1. The summed E-state index contributed by atoms with van der Waals surface area (Å²) in [7, 11) is 0. The van der Waals surface area contributed by atoms with E-state index in [1.54, 1.807) is 17.1 Å². The summed E-state index contributed by atoms with van der Waals surface area (Å²) in [5.41, 5.74) is 2.79. The summed E-state index contributed by atoms with van der Waals surface area (Å²) in [6.45, 7) is 7.74. The number of rotatable bonds is 8. The molecular formula is C25H27N5O4. The lowest BCUT2D eigenvalue weighted by molar-refractivity contribution is -0.118. The van der Waals surface area contributed by atoms with E-state index in [9.17, 15) is 9.59 Å². The second-order valence-electron chi connectivity index (χ2n) is 8.35. The molecule has 1 amide bonds. The zero-order chi connectivity index (χ0) is 24.2. The van der Waals surface area contributed by atoms with Crippen molar-refractivity contribution < 1.29 is 14.3 Å². The van der Waals surface area contributed by atoms with E-state index in [0.717, 1.165) is 11.1 Å². The summed E-state index contributed by atoms with van der Waals surface area (Å²) in [5, 5.41) is 2.84. The average molecular weight is 462 g/mol. The zero-order valence-corrected chi connectivity index (χ0v) is 19.6. The summed E-state index contributed by atoms with van der Waals surface area (Å²) < 4.78 is 14.6. The van der Waals surface area contributed by atoms with E-state index in [-0.39, 0.29) is 30.7 Å². The highest BCUT2D eigenvalue weighted by atomic mass is 16.5. The monoisotopic (exact) mass is 461 g/mol. The Kier molecular flexibility index (Phi) is 6.62. The van der Waals surface area contributed by atoms with E-state index < -0.39 is 0 Å². The van der Waals surface area contributed by atoms with Gasteiger partial charge in [-0.05, 0) is 57.5 Å². The Bertz CT molecular complexity index is 1370. The standard InChI is InChI=1S/C25H27N5O4/c1-16(2)29-15-26-25-27-19(12-24(32)30(25)29)13-34-22-10-7-18(4)11-21(22)28-23(31)14-33-20-8-5-17(3)6-9-20/h5-12,15-16H,13-14H2,1-4H3,(H,28,31). The first-order valence-corrected chi connectivity index (χ1v) is 11.0. The molecule has 0 spiro atoms. The summed E-state index contributed by atoms with van der Waals surface area (Å²) in [6.07, 6.45) is 1.59. The topological polar surface area (TPSA) is 99.7 Å². The predicted molar refractivity (Wildman–Crippen MR) is 128 cm³/mol. The Morgan fingerprint density at radius 3 is 2.50 bits per heavy atom. The number of nitrogens with one attached hydrogen (secondary N) is 1. The number of fused-ring (bicyclic) bond motifs is 1. The molecule has 0 fully saturated rings. The molecule has 0 radical (unpaired) electrons. The fraction of sp³-hybridized carbons (Fsp3) is 0.280. The molecule has 9 nitrogen and oxygen atoms in total. The van der Waals surface area contributed by atoms with Gasteiger partial charge in [-0.2, -0.15) is 9.50 Å². The molecule has 0 bridgehead atoms. The van der Waals surface area contributed by atoms with Crippen LogP contribution in [0.4, 0.5) is 5.69 Å². The number of aromatic nitrogens is 4. The molecule has 0 saturated carbocycles. The molecule has 176 valence electrons. The number of carbonyl (C=O) groups is 1. The lowest BCUT2D eigenvalue weighted by Gasteiger charge is -2.14. The Balaban J connectivity index is 1.45. The third-order valence-electron chi connectivity index (χ3n) is 5.16. The minimum absolute atomic E-state index is 0.0477. The van der Waals surface area contributed by atoms with Crippen molar-refractivity contribution in [2.45, 2.75) is 40.3 Å². The van der Waals surface area contributed by atoms with Crippen LogP contribution in [0.15, 0.2) is 59.7 Å². The van der Waals surface area contributed by atoms with E-state index >= 15 is 0 Å². The number of ether oxygens (including phenoxy) is 2. The third kappa shape index (κ3) is 5.25. The van der Waals surface area contributed by atoms with Crippen molar-refractivity contribution in [1.29, 1.82) is 0 Å². The molecule has 0 unspecified atom stereocenters. The minimum atomic E-state index is -0.312. The van der Waals surface area contributed by atoms with Crippen LogP contribution in [-0.2, 0) is 11.4 Å². The smallest absolute Gasteiger partial charge is 0.274 e. The molecule has 9 heteroatoms. The number of carbonyl (C=O) groups excluding carboxylic acids is 1. The highest BCUT2D eigenvalue weighted by molar-refractivity contribution is 5.93. The molecular weight excluding hydrogens is 434 g/mol. The quantitative estimate of drug-likeness (QED) is 0.430. The lowest BCUT2D eigenvalue weighted by Crippen LogP contribution is -2.23. The number of hydrogen-bond donors (Lipinski definition) is 1. The second kappa shape index (κ2) is 9.78. The van der Waals surface area contributed by atoms with Crippen molar-refractivity contribution in [3.8, 4) is 11.5 Å². The van der Waals surface area contributed by atoms with Crippen molar-refractivity contribution in [1.82, 2.24) is 19.2 Å². The second-order valence-corrected chi connectivity index (χ2v) is 8.35. The molecule has 1 N–H and O–H groups in total. The van der Waals surface area contributed by atoms with Crippen LogP contribution >= 0.6 is 0 Å². The van der Waals surface area contributed by atoms with Crippen LogP contribution in [0.1, 0.15) is 36.7 Å². The molecule has 0 saturated heterocycles. The Hall–Kier alpha value is -4.14. The average Bonchev–Trinajstić information content (AvgIpc) is 3.23. The molecule has 0 aliphatic carbocycles. The first-order chi connectivity index (χ1) is 16.3. The van der Waals surface area contributed by atoms with Gasteiger partial charge in [0.05, 0.1) is 11.4 Å². The van der Waals surface area contributed by atoms with Gasteiger partial charge in [0.1, 0.15) is 24.4 Å². The molecule has 0 atom stereocenters. The van der Waals surface area contributed by atoms with Gasteiger partial charge in [0.15, 0.2) is 6.61 Å². The molecule has 0 aliphatic rings. The van der Waals surface area contributed by atoms with E-state index in [4.69, 9.17) is 9.47 Å². The highest BCUT2D eigenvalue weighted by Crippen LogP contribution is 2.26. The number of amides is 1. The Labute approximate surface area is 197 Å². The van der Waals surface area contributed by atoms with Crippen molar-refractivity contribution in [2.24, 2.45) is 0 Å². The summed E-state index contributed by atoms with van der Waals surface area (Å²) in [5.74, 6) is 1.08. The molecule has 0 aliphatic heterocycles. The molecule has 34 heavy (non-hydrogen) atoms. The van der Waals surface area contributed by atoms with Crippen molar-refractivity contribution in [3.63, 3.8) is 0 Å². The van der Waals surface area contributed by atoms with Gasteiger partial charge in [0, 0.05) is 12.1 Å². The van der Waals surface area contributed by atoms with Gasteiger partial charge in [0.25, 0.3) is 17.2 Å². The van der Waals surface area contributed by atoms with Gasteiger partial charge in [-0.15, -0.1) is 0 Å². The minimum Gasteiger partial charge on any atom is -0.485 e. The Morgan fingerprint density at radius 1 is 1.03 bits per heavy atom. The number of hydrogen-bond acceptors (Lipinski definition) is 6. The maximum atomic E-state index is 12.6. The van der Waals surface area contributed by atoms with Gasteiger partial charge in [0.2, 0.25) is 0 Å². The SMILES string of the molecule is Cc1ccc(OCC(=O)Nc2cc(C)ccc2OCc2cc(=O)n3c(ncn3C(C)C)n2)cc1. The predicted octanol–water partition coefficient (Wildman–Crippen LogP) is 3.69. The molecule has 2 aromatic carbocycles. The fourth-order valence-corrected chi connectivity index (χ4v) is 3.40. The van der Waals surface area contributed by atoms with Gasteiger partial charge < -0.3 is 14.8 Å². The number of benzene rings is 2. The van der Waals surface area contributed by atoms with Gasteiger partial charge >= 0.3 is 0 Å². The van der Waals surface area contributed by atoms with Gasteiger partial charge in [-0.3, -0.25) is 14.3 Å². The molecule has 2 aromatic heterocycles. The largest absolute Gasteiger partial charge is 0.485 e. The fourth-order valence-electron chi connectivity index (χ4n) is 3.40. The van der Waals surface area contributed by atoms with E-state index in [1.165, 1.54) is 10.6 Å². The van der Waals surface area contributed by atoms with Crippen LogP contribution < -0.4 is 20.3 Å². The number of anilines is 1. The number of nitrogens with zero attached hydrogens (tertiary/aromatic N) is 4. The molecule has 4 rings (SSSR count). The number of aryl methyl sites for hydroxylation is 2. The first-order valence-electron chi connectivity index (χ1n) is 11.0. The maximum absolute atomic E-state index is 12.6. The van der Waals surface area contributed by atoms with E-state index in [2.05, 4.69) is 15.3 Å². The molecule has 4 aromatic rings. The third-order valence-corrected chi connectivity index (χ3v) is 5.16. The Morgan fingerprint density at radius 2 is 1.76 bits per heavy atom. The maximum Gasteiger partial charge on any atom is 0.274 e. The summed E-state index contributed by atoms with van der Waals surface area (Å²) >= 11 is 0. The van der Waals surface area contributed by atoms with Crippen molar-refractivity contribution in [3.05, 3.63) is 82.0 Å². The van der Waals surface area contributed by atoms with Crippen LogP contribution in [0.25, 0.3) is 5.78 Å². The van der Waals surface area contributed by atoms with Crippen LogP contribution in [0.5, 0.6) is 11.5 Å². The van der Waals surface area contributed by atoms with E-state index in [1.807, 2.05) is 64.1 Å². The highest BCUT2D eigenvalue weighted by Gasteiger charge is 2.13. The summed E-state index contributed by atoms with van der Waals surface area (Å²) in [4.78, 5) is 33.7. The van der Waals surface area contributed by atoms with Crippen molar-refractivity contribution >= 4 is 17.4 Å². The zero-order valence-electron chi connectivity index (χ0n) is 19.6. The van der Waals surface area contributed by atoms with Crippen LogP contribution in [0.3, 0.4) is 0 Å². The van der Waals surface area contributed by atoms with Crippen LogP contribution in [-0.4, -0.2) is 31.7 Å². The molecule has 2 heterocycles. The van der Waals surface area contributed by atoms with E-state index in [0.29, 0.717) is 28.7 Å². The summed E-state index contributed by atoms with van der Waals surface area (Å²) in [6, 6.07) is 14.4. The van der Waals surface area contributed by atoms with Crippen LogP contribution in [0.2, 0.25) is 0 Å². The van der Waals surface area contributed by atoms with Gasteiger partial charge in [-0.25, -0.2) is 4.98 Å². The lowest BCUT2D eigenvalue weighted by atomic mass is 10.2. The van der Waals surface area contributed by atoms with Gasteiger partial charge in [-0.1, -0.05) is 23.8 Å². The van der Waals surface area contributed by atoms with Crippen molar-refractivity contribution in [2.75, 3.05) is 11.9 Å². The van der Waals surface area contributed by atoms with Crippen LogP contribution in [0, 0.1) is 13.8 Å². The first kappa shape index (κ1) is 23.0.